The number of halogens is 3. The molecule has 1 aromatic carbocycles. The number of rotatable bonds is 3. The first kappa shape index (κ1) is 15.5. The van der Waals surface area contributed by atoms with Crippen molar-refractivity contribution in [2.75, 3.05) is 5.32 Å². The zero-order chi connectivity index (χ0) is 15.6. The second kappa shape index (κ2) is 6.25. The van der Waals surface area contributed by atoms with Crippen LogP contribution in [0, 0.1) is 17.1 Å². The van der Waals surface area contributed by atoms with Crippen LogP contribution in [0.1, 0.15) is 19.7 Å². The maximum absolute atomic E-state index is 14.1. The molecule has 2 rings (SSSR count). The van der Waals surface area contributed by atoms with Crippen molar-refractivity contribution in [3.63, 3.8) is 0 Å². The summed E-state index contributed by atoms with van der Waals surface area (Å²) in [4.78, 5) is 7.90. The molecule has 21 heavy (non-hydrogen) atoms. The maximum atomic E-state index is 14.1. The molecule has 0 aliphatic carbocycles. The Hall–Kier alpha value is -1.90. The smallest absolute Gasteiger partial charge is 0.235 e. The van der Waals surface area contributed by atoms with E-state index in [0.717, 1.165) is 0 Å². The Labute approximate surface area is 131 Å². The van der Waals surface area contributed by atoms with Crippen molar-refractivity contribution in [2.45, 2.75) is 19.9 Å². The van der Waals surface area contributed by atoms with Crippen molar-refractivity contribution in [3.05, 3.63) is 40.0 Å². The van der Waals surface area contributed by atoms with Crippen LogP contribution in [0.5, 0.6) is 0 Å². The fourth-order valence-corrected chi connectivity index (χ4v) is 2.34. The van der Waals surface area contributed by atoms with Crippen molar-refractivity contribution in [1.82, 2.24) is 9.97 Å². The second-order valence-electron chi connectivity index (χ2n) is 4.57. The molecule has 0 spiro atoms. The number of nitrogens with one attached hydrogen (secondary N) is 1. The molecule has 0 bridgehead atoms. The van der Waals surface area contributed by atoms with Gasteiger partial charge in [0.05, 0.1) is 10.6 Å². The van der Waals surface area contributed by atoms with E-state index >= 15 is 0 Å². The third-order valence-electron chi connectivity index (χ3n) is 2.60. The Balaban J connectivity index is 2.76. The van der Waals surface area contributed by atoms with Crippen LogP contribution in [-0.2, 0) is 0 Å². The van der Waals surface area contributed by atoms with Crippen LogP contribution in [-0.4, -0.2) is 16.0 Å². The first-order chi connectivity index (χ1) is 9.93. The number of benzene rings is 1. The normalized spacial score (nSPS) is 10.5. The third kappa shape index (κ3) is 3.23. The Bertz CT molecular complexity index is 705. The van der Waals surface area contributed by atoms with Gasteiger partial charge >= 0.3 is 0 Å². The highest BCUT2D eigenvalue weighted by Gasteiger charge is 2.21. The fraction of sp³-hybridized carbons (Fsp3) is 0.214. The van der Waals surface area contributed by atoms with Gasteiger partial charge in [0.25, 0.3) is 0 Å². The molecule has 0 aliphatic rings. The van der Waals surface area contributed by atoms with Crippen molar-refractivity contribution < 1.29 is 4.39 Å². The molecule has 4 nitrogen and oxygen atoms in total. The molecule has 0 amide bonds. The number of nitrogens with zero attached hydrogens (tertiary/aromatic N) is 3. The van der Waals surface area contributed by atoms with Gasteiger partial charge in [-0.25, -0.2) is 14.4 Å². The minimum Gasteiger partial charge on any atom is -0.367 e. The fourth-order valence-electron chi connectivity index (χ4n) is 1.82. The summed E-state index contributed by atoms with van der Waals surface area (Å²) < 4.78 is 14.1. The number of hydrogen-bond donors (Lipinski definition) is 1. The molecule has 0 atom stereocenters. The number of aromatic nitrogens is 2. The molecule has 0 saturated carbocycles. The molecule has 0 aliphatic heterocycles. The molecule has 0 saturated heterocycles. The molecular formula is C14H11Cl2FN4. The molecular weight excluding hydrogens is 314 g/mol. The van der Waals surface area contributed by atoms with Gasteiger partial charge < -0.3 is 5.32 Å². The van der Waals surface area contributed by atoms with Gasteiger partial charge in [-0.15, -0.1) is 0 Å². The number of anilines is 1. The first-order valence-electron chi connectivity index (χ1n) is 6.12. The highest BCUT2D eigenvalue weighted by Crippen LogP contribution is 2.38. The van der Waals surface area contributed by atoms with Crippen LogP contribution < -0.4 is 5.32 Å². The van der Waals surface area contributed by atoms with Gasteiger partial charge in [0.15, 0.2) is 0 Å². The van der Waals surface area contributed by atoms with E-state index in [-0.39, 0.29) is 39.0 Å². The highest BCUT2D eigenvalue weighted by molar-refractivity contribution is 6.36. The topological polar surface area (TPSA) is 61.6 Å². The molecule has 0 fully saturated rings. The second-order valence-corrected chi connectivity index (χ2v) is 5.33. The van der Waals surface area contributed by atoms with E-state index in [9.17, 15) is 4.39 Å². The molecule has 0 radical (unpaired) electrons. The van der Waals surface area contributed by atoms with Crippen LogP contribution in [0.2, 0.25) is 10.2 Å². The van der Waals surface area contributed by atoms with E-state index in [1.165, 1.54) is 12.1 Å². The van der Waals surface area contributed by atoms with Gasteiger partial charge in [-0.05, 0) is 26.0 Å². The van der Waals surface area contributed by atoms with Gasteiger partial charge in [0.2, 0.25) is 5.82 Å². The predicted molar refractivity (Wildman–Crippen MR) is 80.9 cm³/mol. The Morgan fingerprint density at radius 1 is 1.24 bits per heavy atom. The number of nitriles is 1. The lowest BCUT2D eigenvalue weighted by atomic mass is 10.1. The summed E-state index contributed by atoms with van der Waals surface area (Å²) in [6, 6.07) is 6.14. The van der Waals surface area contributed by atoms with Gasteiger partial charge in [0.1, 0.15) is 22.9 Å². The van der Waals surface area contributed by atoms with E-state index < -0.39 is 5.82 Å². The van der Waals surface area contributed by atoms with Gasteiger partial charge in [-0.2, -0.15) is 5.26 Å². The summed E-state index contributed by atoms with van der Waals surface area (Å²) >= 11 is 12.2. The zero-order valence-electron chi connectivity index (χ0n) is 11.3. The van der Waals surface area contributed by atoms with Crippen molar-refractivity contribution in [1.29, 1.82) is 5.26 Å². The van der Waals surface area contributed by atoms with E-state index in [1.54, 1.807) is 6.07 Å². The predicted octanol–water partition coefficient (Wildman–Crippen LogP) is 4.28. The van der Waals surface area contributed by atoms with Crippen molar-refractivity contribution in [3.8, 4) is 17.2 Å². The quantitative estimate of drug-likeness (QED) is 0.856. The van der Waals surface area contributed by atoms with Gasteiger partial charge in [-0.1, -0.05) is 29.3 Å². The van der Waals surface area contributed by atoms with E-state index in [4.69, 9.17) is 28.5 Å². The third-order valence-corrected chi connectivity index (χ3v) is 3.19. The molecule has 7 heteroatoms. The summed E-state index contributed by atoms with van der Waals surface area (Å²) in [5.74, 6) is -0.363. The minimum absolute atomic E-state index is 0.00630. The highest BCUT2D eigenvalue weighted by atomic mass is 35.5. The van der Waals surface area contributed by atoms with Crippen LogP contribution >= 0.6 is 23.2 Å². The number of hydrogen-bond acceptors (Lipinski definition) is 4. The lowest BCUT2D eigenvalue weighted by Gasteiger charge is -2.16. The molecule has 1 aromatic heterocycles. The molecule has 1 N–H and O–H groups in total. The largest absolute Gasteiger partial charge is 0.367 e. The molecule has 0 unspecified atom stereocenters. The average molecular weight is 325 g/mol. The van der Waals surface area contributed by atoms with Gasteiger partial charge in [0, 0.05) is 11.6 Å². The summed E-state index contributed by atoms with van der Waals surface area (Å²) in [7, 11) is 0. The minimum atomic E-state index is -0.537. The van der Waals surface area contributed by atoms with Crippen LogP contribution in [0.4, 0.5) is 10.2 Å². The summed E-state index contributed by atoms with van der Waals surface area (Å²) in [6.07, 6.45) is 0. The molecule has 2 aromatic rings. The standard InChI is InChI=1S/C14H11Cl2FN4/c1-7(2)19-14-12(13(16)20-10(6-18)21-14)11-8(15)4-3-5-9(11)17/h3-5,7H,1-2H3,(H,19,20,21). The van der Waals surface area contributed by atoms with E-state index in [0.29, 0.717) is 0 Å². The van der Waals surface area contributed by atoms with Crippen LogP contribution in [0.15, 0.2) is 18.2 Å². The summed E-state index contributed by atoms with van der Waals surface area (Å²) in [5.41, 5.74) is 0.351. The van der Waals surface area contributed by atoms with E-state index in [2.05, 4.69) is 15.3 Å². The SMILES string of the molecule is CC(C)Nc1nc(C#N)nc(Cl)c1-c1c(F)cccc1Cl. The van der Waals surface area contributed by atoms with Crippen molar-refractivity contribution >= 4 is 29.0 Å². The Kier molecular flexibility index (Phi) is 4.61. The van der Waals surface area contributed by atoms with E-state index in [1.807, 2.05) is 19.9 Å². The van der Waals surface area contributed by atoms with Crippen LogP contribution in [0.25, 0.3) is 11.1 Å². The van der Waals surface area contributed by atoms with Gasteiger partial charge in [-0.3, -0.25) is 0 Å². The Morgan fingerprint density at radius 3 is 2.52 bits per heavy atom. The average Bonchev–Trinajstić information content (AvgIpc) is 2.40. The van der Waals surface area contributed by atoms with Crippen molar-refractivity contribution in [2.24, 2.45) is 0 Å². The lowest BCUT2D eigenvalue weighted by Crippen LogP contribution is -2.14. The molecule has 1 heterocycles. The first-order valence-corrected chi connectivity index (χ1v) is 6.88. The van der Waals surface area contributed by atoms with Crippen LogP contribution in [0.3, 0.4) is 0 Å². The lowest BCUT2D eigenvalue weighted by molar-refractivity contribution is 0.631. The molecule has 108 valence electrons. The monoisotopic (exact) mass is 324 g/mol. The summed E-state index contributed by atoms with van der Waals surface area (Å²) in [5, 5.41) is 12.1. The Morgan fingerprint density at radius 2 is 1.95 bits per heavy atom. The maximum Gasteiger partial charge on any atom is 0.235 e. The summed E-state index contributed by atoms with van der Waals surface area (Å²) in [6.45, 7) is 3.77. The zero-order valence-corrected chi connectivity index (χ0v) is 12.8.